The first-order chi connectivity index (χ1) is 7.90. The highest BCUT2D eigenvalue weighted by atomic mass is 16.7. The van der Waals surface area contributed by atoms with Crippen molar-refractivity contribution in [3.05, 3.63) is 35.4 Å². The molecule has 0 bridgehead atoms. The Morgan fingerprint density at radius 3 is 3.00 bits per heavy atom. The van der Waals surface area contributed by atoms with Crippen molar-refractivity contribution < 1.29 is 4.84 Å². The largest absolute Gasteiger partial charge is 0.302 e. The summed E-state index contributed by atoms with van der Waals surface area (Å²) in [7, 11) is 1.81. The van der Waals surface area contributed by atoms with Crippen LogP contribution in [-0.4, -0.2) is 24.8 Å². The van der Waals surface area contributed by atoms with Gasteiger partial charge < -0.3 is 4.84 Å². The number of hydrogen-bond acceptors (Lipinski definition) is 2. The van der Waals surface area contributed by atoms with E-state index in [0.29, 0.717) is 12.0 Å². The summed E-state index contributed by atoms with van der Waals surface area (Å²) in [6.45, 7) is 1.10. The molecule has 0 aromatic heterocycles. The maximum atomic E-state index is 5.51. The summed E-state index contributed by atoms with van der Waals surface area (Å²) < 4.78 is 0. The van der Waals surface area contributed by atoms with Gasteiger partial charge in [0.2, 0.25) is 0 Å². The minimum absolute atomic E-state index is 0.605. The van der Waals surface area contributed by atoms with E-state index in [9.17, 15) is 0 Å². The molecule has 2 nitrogen and oxygen atoms in total. The number of fused-ring (bicyclic) bond motifs is 3. The van der Waals surface area contributed by atoms with E-state index in [4.69, 9.17) is 4.84 Å². The molecule has 0 N–H and O–H groups in total. The lowest BCUT2D eigenvalue weighted by Crippen LogP contribution is -2.45. The number of benzene rings is 1. The van der Waals surface area contributed by atoms with Gasteiger partial charge in [0.1, 0.15) is 0 Å². The third-order valence-corrected chi connectivity index (χ3v) is 4.13. The van der Waals surface area contributed by atoms with Crippen LogP contribution in [0.1, 0.15) is 36.3 Å². The zero-order valence-corrected chi connectivity index (χ0v) is 9.86. The smallest absolute Gasteiger partial charge is 0.0575 e. The third kappa shape index (κ3) is 1.57. The predicted molar refractivity (Wildman–Crippen MR) is 64.2 cm³/mol. The Hall–Kier alpha value is -0.860. The van der Waals surface area contributed by atoms with Crippen molar-refractivity contribution in [2.45, 2.75) is 37.6 Å². The maximum absolute atomic E-state index is 5.51. The predicted octanol–water partition coefficient (Wildman–Crippen LogP) is 2.74. The molecule has 2 heteroatoms. The lowest BCUT2D eigenvalue weighted by molar-refractivity contribution is -0.182. The SMILES string of the molecule is CON1CCCC2c3ccccc3CCC21. The minimum Gasteiger partial charge on any atom is -0.302 e. The Bertz CT molecular complexity index is 377. The van der Waals surface area contributed by atoms with Crippen molar-refractivity contribution in [1.82, 2.24) is 5.06 Å². The second kappa shape index (κ2) is 4.19. The van der Waals surface area contributed by atoms with Gasteiger partial charge in [0, 0.05) is 18.5 Å². The fourth-order valence-electron chi connectivity index (χ4n) is 3.39. The van der Waals surface area contributed by atoms with Crippen molar-refractivity contribution >= 4 is 0 Å². The molecular weight excluding hydrogens is 198 g/mol. The molecule has 1 aromatic rings. The van der Waals surface area contributed by atoms with E-state index in [1.54, 1.807) is 11.1 Å². The van der Waals surface area contributed by atoms with Gasteiger partial charge >= 0.3 is 0 Å². The number of hydrogen-bond donors (Lipinski definition) is 0. The summed E-state index contributed by atoms with van der Waals surface area (Å²) >= 11 is 0. The molecule has 0 saturated carbocycles. The highest BCUT2D eigenvalue weighted by Gasteiger charge is 2.36. The molecule has 1 fully saturated rings. The lowest BCUT2D eigenvalue weighted by Gasteiger charge is -2.43. The summed E-state index contributed by atoms with van der Waals surface area (Å²) in [6, 6.07) is 9.54. The van der Waals surface area contributed by atoms with Crippen LogP contribution in [0, 0.1) is 0 Å². The van der Waals surface area contributed by atoms with E-state index in [1.165, 1.54) is 25.7 Å². The Kier molecular flexibility index (Phi) is 2.70. The van der Waals surface area contributed by atoms with Gasteiger partial charge in [0.25, 0.3) is 0 Å². The molecule has 86 valence electrons. The number of piperidine rings is 1. The van der Waals surface area contributed by atoms with E-state index < -0.39 is 0 Å². The third-order valence-electron chi connectivity index (χ3n) is 4.13. The van der Waals surface area contributed by atoms with E-state index in [1.807, 2.05) is 7.11 Å². The quantitative estimate of drug-likeness (QED) is 0.717. The summed E-state index contributed by atoms with van der Waals surface area (Å²) in [5, 5.41) is 2.20. The molecule has 1 heterocycles. The van der Waals surface area contributed by atoms with Crippen molar-refractivity contribution in [1.29, 1.82) is 0 Å². The van der Waals surface area contributed by atoms with Gasteiger partial charge in [0.15, 0.2) is 0 Å². The van der Waals surface area contributed by atoms with Crippen molar-refractivity contribution in [3.63, 3.8) is 0 Å². The van der Waals surface area contributed by atoms with Crippen LogP contribution in [0.5, 0.6) is 0 Å². The average Bonchev–Trinajstić information content (AvgIpc) is 2.37. The summed E-state index contributed by atoms with van der Waals surface area (Å²) in [5.41, 5.74) is 3.13. The molecule has 1 aromatic carbocycles. The van der Waals surface area contributed by atoms with E-state index >= 15 is 0 Å². The monoisotopic (exact) mass is 217 g/mol. The van der Waals surface area contributed by atoms with Crippen LogP contribution in [-0.2, 0) is 11.3 Å². The topological polar surface area (TPSA) is 12.5 Å². The highest BCUT2D eigenvalue weighted by Crippen LogP contribution is 2.40. The molecule has 1 saturated heterocycles. The van der Waals surface area contributed by atoms with Crippen molar-refractivity contribution in [3.8, 4) is 0 Å². The Labute approximate surface area is 97.2 Å². The molecule has 0 spiro atoms. The maximum Gasteiger partial charge on any atom is 0.0575 e. The van der Waals surface area contributed by atoms with E-state index in [-0.39, 0.29) is 0 Å². The molecule has 0 amide bonds. The van der Waals surface area contributed by atoms with E-state index in [2.05, 4.69) is 29.3 Å². The molecule has 0 radical (unpaired) electrons. The van der Waals surface area contributed by atoms with Gasteiger partial charge in [-0.15, -0.1) is 0 Å². The zero-order chi connectivity index (χ0) is 11.0. The molecular formula is C14H19NO. The number of rotatable bonds is 1. The fourth-order valence-corrected chi connectivity index (χ4v) is 3.39. The normalized spacial score (nSPS) is 29.6. The van der Waals surface area contributed by atoms with Gasteiger partial charge in [-0.2, -0.15) is 5.06 Å². The number of hydroxylamine groups is 2. The molecule has 1 aliphatic heterocycles. The number of nitrogens with zero attached hydrogens (tertiary/aromatic N) is 1. The second-order valence-electron chi connectivity index (χ2n) is 4.88. The summed E-state index contributed by atoms with van der Waals surface area (Å²) in [4.78, 5) is 5.51. The molecule has 2 atom stereocenters. The van der Waals surface area contributed by atoms with Gasteiger partial charge in [0.05, 0.1) is 7.11 Å². The molecule has 2 aliphatic rings. The van der Waals surface area contributed by atoms with Crippen LogP contribution in [0.4, 0.5) is 0 Å². The first-order valence-corrected chi connectivity index (χ1v) is 6.28. The first kappa shape index (κ1) is 10.3. The van der Waals surface area contributed by atoms with Crippen LogP contribution in [0.2, 0.25) is 0 Å². The van der Waals surface area contributed by atoms with Gasteiger partial charge in [-0.05, 0) is 36.8 Å². The number of aryl methyl sites for hydroxylation is 1. The van der Waals surface area contributed by atoms with Crippen molar-refractivity contribution in [2.75, 3.05) is 13.7 Å². The Morgan fingerprint density at radius 2 is 2.12 bits per heavy atom. The Morgan fingerprint density at radius 1 is 1.25 bits per heavy atom. The van der Waals surface area contributed by atoms with Crippen LogP contribution in [0.3, 0.4) is 0 Å². The summed E-state index contributed by atoms with van der Waals surface area (Å²) in [6.07, 6.45) is 5.03. The van der Waals surface area contributed by atoms with E-state index in [0.717, 1.165) is 6.54 Å². The highest BCUT2D eigenvalue weighted by molar-refractivity contribution is 5.34. The zero-order valence-electron chi connectivity index (χ0n) is 9.86. The molecule has 16 heavy (non-hydrogen) atoms. The molecule has 3 rings (SSSR count). The van der Waals surface area contributed by atoms with Crippen LogP contribution in [0.15, 0.2) is 24.3 Å². The van der Waals surface area contributed by atoms with Gasteiger partial charge in [-0.25, -0.2) is 0 Å². The molecule has 1 aliphatic carbocycles. The lowest BCUT2D eigenvalue weighted by atomic mass is 9.75. The summed E-state index contributed by atoms with van der Waals surface area (Å²) in [5.74, 6) is 0.693. The second-order valence-corrected chi connectivity index (χ2v) is 4.88. The molecule has 2 unspecified atom stereocenters. The van der Waals surface area contributed by atoms with Gasteiger partial charge in [-0.1, -0.05) is 24.3 Å². The van der Waals surface area contributed by atoms with Crippen LogP contribution < -0.4 is 0 Å². The average molecular weight is 217 g/mol. The van der Waals surface area contributed by atoms with Crippen LogP contribution >= 0.6 is 0 Å². The standard InChI is InChI=1S/C14H19NO/c1-16-15-10-4-7-13-12-6-3-2-5-11(12)8-9-14(13)15/h2-3,5-6,13-14H,4,7-10H2,1H3. The minimum atomic E-state index is 0.605. The van der Waals surface area contributed by atoms with Gasteiger partial charge in [-0.3, -0.25) is 0 Å². The first-order valence-electron chi connectivity index (χ1n) is 6.28. The Balaban J connectivity index is 1.94. The van der Waals surface area contributed by atoms with Crippen molar-refractivity contribution in [2.24, 2.45) is 0 Å². The van der Waals surface area contributed by atoms with Crippen LogP contribution in [0.25, 0.3) is 0 Å². The fraction of sp³-hybridized carbons (Fsp3) is 0.571.